The molecule has 432 valence electrons. The van der Waals surface area contributed by atoms with Crippen molar-refractivity contribution in [3.63, 3.8) is 0 Å². The summed E-state index contributed by atoms with van der Waals surface area (Å²) in [5.74, 6) is 1.58. The molecule has 0 aliphatic carbocycles. The van der Waals surface area contributed by atoms with Gasteiger partial charge in [-0.2, -0.15) is 0 Å². The number of nitrogens with zero attached hydrogens (tertiary/aromatic N) is 1. The first kappa shape index (κ1) is 67.0. The van der Waals surface area contributed by atoms with Crippen LogP contribution in [0, 0.1) is 41.5 Å². The number of hydrogen-bond donors (Lipinski definition) is 3. The molecule has 2 aliphatic rings. The van der Waals surface area contributed by atoms with Crippen LogP contribution in [0.5, 0.6) is 23.0 Å². The van der Waals surface area contributed by atoms with Crippen molar-refractivity contribution in [3.8, 4) is 23.0 Å². The Morgan fingerprint density at radius 3 is 1.31 bits per heavy atom. The van der Waals surface area contributed by atoms with Gasteiger partial charge in [0.1, 0.15) is 13.2 Å². The van der Waals surface area contributed by atoms with E-state index in [0.29, 0.717) is 77.2 Å². The molecule has 0 fully saturated rings. The van der Waals surface area contributed by atoms with Crippen LogP contribution in [0.3, 0.4) is 0 Å². The Morgan fingerprint density at radius 1 is 0.590 bits per heavy atom. The molecule has 2 heterocycles. The zero-order chi connectivity index (χ0) is 58.4. The van der Waals surface area contributed by atoms with Crippen LogP contribution < -0.4 is 35.2 Å². The molecule has 14 nitrogen and oxygen atoms in total. The van der Waals surface area contributed by atoms with Crippen molar-refractivity contribution in [1.82, 2.24) is 21.3 Å². The van der Waals surface area contributed by atoms with Crippen molar-refractivity contribution in [3.05, 3.63) is 116 Å². The fourth-order valence-corrected chi connectivity index (χ4v) is 9.80. The minimum Gasteiger partial charge on any atom is -0.486 e. The highest BCUT2D eigenvalue weighted by molar-refractivity contribution is 6.74. The summed E-state index contributed by atoms with van der Waals surface area (Å²) in [7, 11) is -3.80. The van der Waals surface area contributed by atoms with Crippen LogP contribution in [-0.4, -0.2) is 94.3 Å². The summed E-state index contributed by atoms with van der Waals surface area (Å²) in [5, 5.41) is 1.24. The minimum atomic E-state index is -1.94. The lowest BCUT2D eigenvalue weighted by molar-refractivity contribution is 0.0355. The third-order valence-corrected chi connectivity index (χ3v) is 23.3. The number of halogens is 1. The van der Waals surface area contributed by atoms with Crippen LogP contribution in [0.4, 0.5) is 0 Å². The first-order chi connectivity index (χ1) is 35.2. The highest BCUT2D eigenvalue weighted by Gasteiger charge is 2.40. The Labute approximate surface area is 474 Å². The first-order valence-electron chi connectivity index (χ1n) is 26.4. The van der Waals surface area contributed by atoms with Crippen LogP contribution in [0.2, 0.25) is 36.3 Å². The molecule has 2 atom stereocenters. The zero-order valence-corrected chi connectivity index (χ0v) is 52.9. The van der Waals surface area contributed by atoms with Crippen molar-refractivity contribution < 1.29 is 47.0 Å². The predicted octanol–water partition coefficient (Wildman–Crippen LogP) is 13.9. The molecule has 0 saturated heterocycles. The van der Waals surface area contributed by atoms with Crippen LogP contribution in [0.25, 0.3) is 0 Å². The lowest BCUT2D eigenvalue weighted by atomic mass is 10.0. The number of hydrogen-bond acceptors (Lipinski definition) is 11. The van der Waals surface area contributed by atoms with E-state index >= 15 is 0 Å². The van der Waals surface area contributed by atoms with Gasteiger partial charge in [-0.3, -0.25) is 30.0 Å². The summed E-state index contributed by atoms with van der Waals surface area (Å²) >= 11 is 5.31. The summed E-state index contributed by atoms with van der Waals surface area (Å²) < 4.78 is 37.0. The fraction of sp³-hybridized carbons (Fsp3) is 0.541. The molecule has 3 amide bonds. The number of aryl methyl sites for hydroxylation is 4. The maximum atomic E-state index is 13.5. The van der Waals surface area contributed by atoms with E-state index in [0.717, 1.165) is 27.8 Å². The van der Waals surface area contributed by atoms with Gasteiger partial charge in [-0.25, -0.2) is 10.4 Å². The molecular weight excluding hydrogens is 1040 g/mol. The SMILES string of the molecule is C.Cc1c(C(=O)NNC(C)(C)C)ccc2c1O[C@@H](CO[Si](C)(C)C(C)(C)C)CO2.Cc1cc(C)cc(C(=O)Cl)c1.Cc1cc(C)cc(C(=O)N(NC(=O)c2ccc3c(c2C)O[C@@H](CO[Si](C)(C)C(C)(C)C)CO3)C(C)(C)C)c1. The van der Waals surface area contributed by atoms with Gasteiger partial charge in [-0.05, 0) is 179 Å². The van der Waals surface area contributed by atoms with Gasteiger partial charge in [0, 0.05) is 38.9 Å². The average Bonchev–Trinajstić information content (AvgIpc) is 3.30. The van der Waals surface area contributed by atoms with E-state index in [1.165, 1.54) is 5.01 Å². The van der Waals surface area contributed by atoms with E-state index in [9.17, 15) is 19.2 Å². The van der Waals surface area contributed by atoms with Gasteiger partial charge in [-0.15, -0.1) is 0 Å². The molecule has 4 aromatic rings. The molecule has 4 aromatic carbocycles. The van der Waals surface area contributed by atoms with Gasteiger partial charge in [0.25, 0.3) is 23.0 Å². The summed E-state index contributed by atoms with van der Waals surface area (Å²) in [6.07, 6.45) is -0.461. The quantitative estimate of drug-likeness (QED) is 0.0744. The topological polar surface area (TPSA) is 163 Å². The second kappa shape index (κ2) is 26.4. The lowest BCUT2D eigenvalue weighted by Gasteiger charge is -2.38. The molecule has 0 aromatic heterocycles. The van der Waals surface area contributed by atoms with Gasteiger partial charge < -0.3 is 27.8 Å². The maximum Gasteiger partial charge on any atom is 0.272 e. The molecule has 0 bridgehead atoms. The van der Waals surface area contributed by atoms with Gasteiger partial charge >= 0.3 is 0 Å². The van der Waals surface area contributed by atoms with Gasteiger partial charge in [-0.1, -0.05) is 83.4 Å². The third kappa shape index (κ3) is 18.4. The molecule has 3 N–H and O–H groups in total. The number of carbonyl (C=O) groups is 4. The Morgan fingerprint density at radius 2 is 0.962 bits per heavy atom. The Balaban J connectivity index is 0.000000349. The average molecular weight is 1130 g/mol. The van der Waals surface area contributed by atoms with Crippen molar-refractivity contribution in [2.75, 3.05) is 26.4 Å². The smallest absolute Gasteiger partial charge is 0.272 e. The largest absolute Gasteiger partial charge is 0.486 e. The number of amides is 3. The number of carbonyl (C=O) groups excluding carboxylic acids is 4. The molecule has 6 rings (SSSR count). The Bertz CT molecular complexity index is 2730. The monoisotopic (exact) mass is 1130 g/mol. The Kier molecular flexibility index (Phi) is 22.7. The normalized spacial score (nSPS) is 15.3. The summed E-state index contributed by atoms with van der Waals surface area (Å²) in [5.41, 5.74) is 15.4. The molecule has 0 unspecified atom stereocenters. The fourth-order valence-electron chi connectivity index (χ4n) is 7.62. The molecular formula is C61H93ClN4O10Si2. The molecule has 17 heteroatoms. The second-order valence-electron chi connectivity index (χ2n) is 25.5. The molecule has 78 heavy (non-hydrogen) atoms. The minimum absolute atomic E-state index is 0. The van der Waals surface area contributed by atoms with Crippen molar-refractivity contribution in [2.24, 2.45) is 0 Å². The number of benzene rings is 4. The van der Waals surface area contributed by atoms with Gasteiger partial charge in [0.15, 0.2) is 51.8 Å². The van der Waals surface area contributed by atoms with Crippen LogP contribution in [0.15, 0.2) is 60.7 Å². The van der Waals surface area contributed by atoms with Crippen LogP contribution >= 0.6 is 11.6 Å². The van der Waals surface area contributed by atoms with E-state index in [-0.39, 0.29) is 53.0 Å². The molecule has 0 spiro atoms. The lowest BCUT2D eigenvalue weighted by Crippen LogP contribution is -2.56. The van der Waals surface area contributed by atoms with Crippen molar-refractivity contribution in [2.45, 2.75) is 192 Å². The van der Waals surface area contributed by atoms with Crippen LogP contribution in [0.1, 0.15) is 165 Å². The van der Waals surface area contributed by atoms with E-state index in [2.05, 4.69) is 84.0 Å². The third-order valence-electron chi connectivity index (χ3n) is 14.1. The zero-order valence-electron chi connectivity index (χ0n) is 50.2. The predicted molar refractivity (Wildman–Crippen MR) is 321 cm³/mol. The second-order valence-corrected chi connectivity index (χ2v) is 35.4. The summed E-state index contributed by atoms with van der Waals surface area (Å²) in [6.45, 7) is 47.0. The van der Waals surface area contributed by atoms with Gasteiger partial charge in [0.2, 0.25) is 0 Å². The Hall–Kier alpha value is -5.24. The number of rotatable bonds is 11. The van der Waals surface area contributed by atoms with Gasteiger partial charge in [0.05, 0.1) is 18.8 Å². The number of hydrazine groups is 2. The maximum absolute atomic E-state index is 13.5. The van der Waals surface area contributed by atoms with E-state index in [1.807, 2.05) is 107 Å². The van der Waals surface area contributed by atoms with E-state index in [1.54, 1.807) is 36.4 Å². The number of nitrogens with one attached hydrogen (secondary N) is 3. The number of ether oxygens (including phenoxy) is 4. The summed E-state index contributed by atoms with van der Waals surface area (Å²) in [6, 6.07) is 18.3. The van der Waals surface area contributed by atoms with Crippen molar-refractivity contribution >= 4 is 51.2 Å². The van der Waals surface area contributed by atoms with Crippen LogP contribution in [-0.2, 0) is 8.85 Å². The standard InChI is InChI=1S/C30H44N2O5Si.C21H36N2O4Si.C9H9ClO.CH4/c1-19-14-20(2)16-22(15-19)28(34)32(29(4,5)6)31-27(33)24-12-13-25-26(21(24)3)37-23(17-35-25)18-36-38(10,11)30(7,8)9;1-14-16(19(24)22-23-20(2,3)4)10-11-17-18(14)27-15(12-25-17)13-26-28(8,9)21(5,6)7;1-6-3-7(2)5-8(4-6)9(10)11;/h12-16,23H,17-18H2,1-11H3,(H,31,33);10-11,15,23H,12-13H2,1-9H3,(H,22,24);3-5H,1-2H3;1H4/t23-;15-;;/m11../s1. The number of fused-ring (bicyclic) bond motifs is 2. The van der Waals surface area contributed by atoms with Crippen molar-refractivity contribution in [1.29, 1.82) is 0 Å². The highest BCUT2D eigenvalue weighted by atomic mass is 35.5. The molecule has 0 radical (unpaired) electrons. The first-order valence-corrected chi connectivity index (χ1v) is 32.6. The van der Waals surface area contributed by atoms with E-state index < -0.39 is 27.4 Å². The summed E-state index contributed by atoms with van der Waals surface area (Å²) in [4.78, 5) is 50.3. The highest BCUT2D eigenvalue weighted by Crippen LogP contribution is 2.41. The molecule has 2 aliphatic heterocycles. The van der Waals surface area contributed by atoms with E-state index in [4.69, 9.17) is 39.4 Å². The molecule has 0 saturated carbocycles.